The van der Waals surface area contributed by atoms with Crippen LogP contribution in [0.5, 0.6) is 0 Å². The molecule has 0 spiro atoms. The minimum Gasteiger partial charge on any atom is -0.480 e. The zero-order chi connectivity index (χ0) is 47.4. The van der Waals surface area contributed by atoms with Gasteiger partial charge in [0.15, 0.2) is 0 Å². The number of thioether (sulfide) groups is 3. The van der Waals surface area contributed by atoms with E-state index in [2.05, 4.69) is 20.8 Å². The molecule has 0 rings (SSSR count). The third-order valence-corrected chi connectivity index (χ3v) is 15.7. The predicted molar refractivity (Wildman–Crippen MR) is 254 cm³/mol. The van der Waals surface area contributed by atoms with E-state index in [0.717, 1.165) is 132 Å². The molecule has 0 saturated heterocycles. The van der Waals surface area contributed by atoms with E-state index in [1.807, 2.05) is 0 Å². The van der Waals surface area contributed by atoms with Crippen LogP contribution in [0.25, 0.3) is 0 Å². The molecule has 0 saturated carbocycles. The first-order valence-electron chi connectivity index (χ1n) is 23.3. The average molecular weight is 937 g/mol. The molecular weight excluding hydrogens is 853 g/mol. The Bertz CT molecular complexity index is 1190. The summed E-state index contributed by atoms with van der Waals surface area (Å²) < 4.78 is 13.5. The molecule has 0 heterocycles. The number of carboxylic acids is 3. The molecule has 0 aromatic rings. The molecule has 0 aromatic carbocycles. The van der Waals surface area contributed by atoms with Crippen molar-refractivity contribution in [2.75, 3.05) is 19.8 Å². The van der Waals surface area contributed by atoms with Crippen molar-refractivity contribution < 1.29 is 58.3 Å². The highest BCUT2D eigenvalue weighted by Crippen LogP contribution is 2.38. The Labute approximate surface area is 387 Å². The van der Waals surface area contributed by atoms with E-state index in [1.54, 1.807) is 48.5 Å². The van der Waals surface area contributed by atoms with Gasteiger partial charge in [0.1, 0.15) is 49.8 Å². The lowest BCUT2D eigenvalue weighted by molar-refractivity contribution is -0.159. The normalized spacial score (nSPS) is 16.9. The Balaban J connectivity index is 5.98. The molecule has 0 fully saturated rings. The second kappa shape index (κ2) is 31.7. The minimum absolute atomic E-state index is 0.350. The molecular formula is C47H84O12S3. The van der Waals surface area contributed by atoms with Gasteiger partial charge in [0.05, 0.1) is 5.41 Å². The molecule has 0 aliphatic rings. The zero-order valence-corrected chi connectivity index (χ0v) is 42.4. The fourth-order valence-electron chi connectivity index (χ4n) is 6.90. The lowest BCUT2D eigenvalue weighted by Crippen LogP contribution is -2.41. The van der Waals surface area contributed by atoms with Crippen LogP contribution in [0.15, 0.2) is 0 Å². The maximum Gasteiger partial charge on any atom is 0.319 e. The number of rotatable bonds is 39. The van der Waals surface area contributed by atoms with Gasteiger partial charge in [0.2, 0.25) is 0 Å². The number of carbonyl (C=O) groups is 6. The van der Waals surface area contributed by atoms with E-state index in [9.17, 15) is 44.1 Å². The molecule has 0 aliphatic heterocycles. The Morgan fingerprint density at radius 2 is 0.613 bits per heavy atom. The summed E-state index contributed by atoms with van der Waals surface area (Å²) in [7, 11) is 0. The number of esters is 3. The molecule has 15 heteroatoms. The Morgan fingerprint density at radius 1 is 0.403 bits per heavy atom. The highest BCUT2D eigenvalue weighted by atomic mass is 32.2. The Hall–Kier alpha value is -2.13. The van der Waals surface area contributed by atoms with Gasteiger partial charge in [-0.3, -0.25) is 28.8 Å². The molecule has 12 nitrogen and oxygen atoms in total. The maximum absolute atomic E-state index is 13.4. The monoisotopic (exact) mass is 937 g/mol. The van der Waals surface area contributed by atoms with E-state index >= 15 is 0 Å². The van der Waals surface area contributed by atoms with Crippen LogP contribution in [-0.4, -0.2) is 101 Å². The summed E-state index contributed by atoms with van der Waals surface area (Å²) in [6.07, 6.45) is 19.0. The van der Waals surface area contributed by atoms with Crippen molar-refractivity contribution >= 4 is 71.1 Å². The van der Waals surface area contributed by atoms with E-state index < -0.39 is 71.2 Å². The molecule has 62 heavy (non-hydrogen) atoms. The molecule has 6 unspecified atom stereocenters. The van der Waals surface area contributed by atoms with E-state index in [0.29, 0.717) is 38.5 Å². The van der Waals surface area contributed by atoms with Crippen LogP contribution in [0.4, 0.5) is 0 Å². The third kappa shape index (κ3) is 24.2. The second-order valence-electron chi connectivity index (χ2n) is 18.1. The minimum atomic E-state index is -1.27. The zero-order valence-electron chi connectivity index (χ0n) is 39.9. The molecule has 3 N–H and O–H groups in total. The smallest absolute Gasteiger partial charge is 0.319 e. The van der Waals surface area contributed by atoms with Crippen molar-refractivity contribution in [2.24, 2.45) is 5.41 Å². The van der Waals surface area contributed by atoms with Crippen LogP contribution in [-0.2, 0) is 43.0 Å². The van der Waals surface area contributed by atoms with Gasteiger partial charge in [-0.05, 0) is 67.7 Å². The number of ether oxygens (including phenoxy) is 3. The lowest BCUT2D eigenvalue weighted by Gasteiger charge is -2.32. The Kier molecular flexibility index (Phi) is 30.6. The van der Waals surface area contributed by atoms with Crippen LogP contribution in [0, 0.1) is 5.41 Å². The van der Waals surface area contributed by atoms with Crippen LogP contribution in [0.3, 0.4) is 0 Å². The number of unbranched alkanes of at least 4 members (excludes halogenated alkanes) is 15. The van der Waals surface area contributed by atoms with Crippen molar-refractivity contribution in [3.8, 4) is 0 Å². The van der Waals surface area contributed by atoms with Crippen molar-refractivity contribution in [1.29, 1.82) is 0 Å². The average Bonchev–Trinajstić information content (AvgIpc) is 3.21. The van der Waals surface area contributed by atoms with Gasteiger partial charge in [-0.15, -0.1) is 35.3 Å². The fourth-order valence-corrected chi connectivity index (χ4v) is 10.8. The SMILES string of the molecule is CCCCCCCCC(C)(SC(C)C(=O)OCC(C)(COC(=O)C(C)SC(C)(CCCCCCCC)C(=O)O)COC(=O)C(C)SC(C)(CCCCCCCC)C(=O)O)C(=O)O. The maximum atomic E-state index is 13.4. The van der Waals surface area contributed by atoms with E-state index in [-0.39, 0.29) is 19.8 Å². The molecule has 362 valence electrons. The summed E-state index contributed by atoms with van der Waals surface area (Å²) in [6.45, 7) is 16.6. The fraction of sp³-hybridized carbons (Fsp3) is 0.872. The summed E-state index contributed by atoms with van der Waals surface area (Å²) in [5.41, 5.74) is -1.27. The van der Waals surface area contributed by atoms with Crippen LogP contribution in [0.1, 0.15) is 204 Å². The molecule has 0 radical (unpaired) electrons. The Morgan fingerprint density at radius 3 is 0.823 bits per heavy atom. The van der Waals surface area contributed by atoms with Crippen molar-refractivity contribution in [2.45, 2.75) is 234 Å². The first kappa shape index (κ1) is 59.9. The molecule has 6 atom stereocenters. The van der Waals surface area contributed by atoms with Crippen LogP contribution >= 0.6 is 35.3 Å². The van der Waals surface area contributed by atoms with Gasteiger partial charge >= 0.3 is 35.8 Å². The predicted octanol–water partition coefficient (Wildman–Crippen LogP) is 11.8. The first-order valence-corrected chi connectivity index (χ1v) is 25.9. The summed E-state index contributed by atoms with van der Waals surface area (Å²) in [4.78, 5) is 77.4. The summed E-state index contributed by atoms with van der Waals surface area (Å²) in [5.74, 6) is -5.09. The van der Waals surface area contributed by atoms with Gasteiger partial charge in [-0.2, -0.15) is 0 Å². The van der Waals surface area contributed by atoms with Gasteiger partial charge < -0.3 is 29.5 Å². The van der Waals surface area contributed by atoms with Gasteiger partial charge in [-0.1, -0.05) is 136 Å². The summed E-state index contributed by atoms with van der Waals surface area (Å²) in [6, 6.07) is 0. The molecule has 0 amide bonds. The molecule has 0 bridgehead atoms. The first-order chi connectivity index (χ1) is 29.0. The summed E-state index contributed by atoms with van der Waals surface area (Å²) in [5, 5.41) is 27.8. The van der Waals surface area contributed by atoms with Crippen LogP contribution in [0.2, 0.25) is 0 Å². The third-order valence-electron chi connectivity index (χ3n) is 11.4. The number of carbonyl (C=O) groups excluding carboxylic acids is 3. The van der Waals surface area contributed by atoms with Gasteiger partial charge in [0.25, 0.3) is 0 Å². The van der Waals surface area contributed by atoms with E-state index in [4.69, 9.17) is 14.2 Å². The van der Waals surface area contributed by atoms with Crippen molar-refractivity contribution in [1.82, 2.24) is 0 Å². The molecule has 0 aliphatic carbocycles. The van der Waals surface area contributed by atoms with Crippen molar-refractivity contribution in [3.05, 3.63) is 0 Å². The lowest BCUT2D eigenvalue weighted by atomic mass is 9.94. The largest absolute Gasteiger partial charge is 0.480 e. The standard InChI is InChI=1S/C47H84O12S3/c1-11-14-17-20-23-26-29-45(8,41(51)52)60-35(4)38(48)57-32-44(7,33-58-39(49)36(5)61-46(9,42(53)54)30-27-24-21-18-15-12-2)34-59-40(50)37(6)62-47(10,43(55)56)31-28-25-22-19-16-13-3/h35-37H,11-34H2,1-10H3,(H,51,52)(H,53,54)(H,55,56). The van der Waals surface area contributed by atoms with Crippen LogP contribution < -0.4 is 0 Å². The van der Waals surface area contributed by atoms with Crippen molar-refractivity contribution in [3.63, 3.8) is 0 Å². The number of hydrogen-bond donors (Lipinski definition) is 3. The second-order valence-corrected chi connectivity index (χ2v) is 23.6. The van der Waals surface area contributed by atoms with Gasteiger partial charge in [0, 0.05) is 0 Å². The highest BCUT2D eigenvalue weighted by Gasteiger charge is 2.41. The number of hydrogen-bond acceptors (Lipinski definition) is 12. The van der Waals surface area contributed by atoms with E-state index in [1.165, 1.54) is 0 Å². The molecule has 0 aromatic heterocycles. The topological polar surface area (TPSA) is 191 Å². The van der Waals surface area contributed by atoms with Gasteiger partial charge in [-0.25, -0.2) is 0 Å². The quantitative estimate of drug-likeness (QED) is 0.0299. The number of carboxylic acid groups (broad SMARTS) is 3. The highest BCUT2D eigenvalue weighted by molar-refractivity contribution is 8.03. The summed E-state index contributed by atoms with van der Waals surface area (Å²) >= 11 is 3.05. The number of aliphatic carboxylic acids is 3.